The number of ketones is 1. The van der Waals surface area contributed by atoms with Crippen LogP contribution >= 0.6 is 0 Å². The van der Waals surface area contributed by atoms with Gasteiger partial charge >= 0.3 is 0 Å². The minimum Gasteiger partial charge on any atom is -0.285 e. The monoisotopic (exact) mass is 216 g/mol. The van der Waals surface area contributed by atoms with Gasteiger partial charge in [0.05, 0.1) is 0 Å². The normalized spacial score (nSPS) is 16.4. The molecule has 3 heteroatoms. The molecule has 0 aliphatic heterocycles. The van der Waals surface area contributed by atoms with E-state index in [-0.39, 0.29) is 5.78 Å². The molecule has 0 unspecified atom stereocenters. The molecule has 16 heavy (non-hydrogen) atoms. The van der Waals surface area contributed by atoms with Crippen molar-refractivity contribution >= 4 is 5.78 Å². The summed E-state index contributed by atoms with van der Waals surface area (Å²) in [6.45, 7) is 1.92. The van der Waals surface area contributed by atoms with E-state index in [9.17, 15) is 4.79 Å². The Hall–Kier alpha value is -1.51. The Bertz CT molecular complexity index is 406. The lowest BCUT2D eigenvalue weighted by Gasteiger charge is -2.02. The highest BCUT2D eigenvalue weighted by Gasteiger charge is 2.15. The Morgan fingerprint density at radius 1 is 1.19 bits per heavy atom. The summed E-state index contributed by atoms with van der Waals surface area (Å²) < 4.78 is 0. The van der Waals surface area contributed by atoms with E-state index in [1.807, 2.05) is 6.92 Å². The number of hydrogen-bond donors (Lipinski definition) is 0. The van der Waals surface area contributed by atoms with Crippen LogP contribution < -0.4 is 0 Å². The number of allylic oxidation sites excluding steroid dienone is 2. The maximum atomic E-state index is 12.1. The molecule has 0 saturated heterocycles. The minimum atomic E-state index is 0.00176. The van der Waals surface area contributed by atoms with Gasteiger partial charge < -0.3 is 0 Å². The minimum absolute atomic E-state index is 0.00176. The molecule has 0 saturated carbocycles. The fraction of sp³-hybridized carbons (Fsp3) is 0.462. The SMILES string of the molecule is Cc1cnc(C(=O)C2=CCCCCC2)nc1. The first-order chi connectivity index (χ1) is 7.77. The Balaban J connectivity index is 2.17. The van der Waals surface area contributed by atoms with Gasteiger partial charge in [0.2, 0.25) is 11.6 Å². The number of nitrogens with zero attached hydrogens (tertiary/aromatic N) is 2. The number of hydrogen-bond acceptors (Lipinski definition) is 3. The van der Waals surface area contributed by atoms with Crippen molar-refractivity contribution in [3.8, 4) is 0 Å². The first-order valence-electron chi connectivity index (χ1n) is 5.80. The molecule has 1 aliphatic carbocycles. The lowest BCUT2D eigenvalue weighted by Crippen LogP contribution is -2.08. The van der Waals surface area contributed by atoms with Crippen molar-refractivity contribution in [2.45, 2.75) is 39.0 Å². The lowest BCUT2D eigenvalue weighted by atomic mass is 10.1. The van der Waals surface area contributed by atoms with Crippen molar-refractivity contribution in [3.05, 3.63) is 35.4 Å². The van der Waals surface area contributed by atoms with Gasteiger partial charge in [0.25, 0.3) is 0 Å². The molecule has 3 nitrogen and oxygen atoms in total. The first kappa shape index (κ1) is 11.0. The first-order valence-corrected chi connectivity index (χ1v) is 5.80. The quantitative estimate of drug-likeness (QED) is 0.714. The molecule has 84 valence electrons. The molecule has 0 spiro atoms. The summed E-state index contributed by atoms with van der Waals surface area (Å²) in [5, 5.41) is 0. The zero-order valence-corrected chi connectivity index (χ0v) is 9.57. The number of aromatic nitrogens is 2. The van der Waals surface area contributed by atoms with Crippen LogP contribution in [0.25, 0.3) is 0 Å². The van der Waals surface area contributed by atoms with E-state index < -0.39 is 0 Å². The van der Waals surface area contributed by atoms with E-state index in [1.54, 1.807) is 12.4 Å². The maximum Gasteiger partial charge on any atom is 0.225 e. The number of rotatable bonds is 2. The van der Waals surface area contributed by atoms with Crippen LogP contribution in [0.15, 0.2) is 24.0 Å². The molecule has 0 radical (unpaired) electrons. The van der Waals surface area contributed by atoms with E-state index in [2.05, 4.69) is 16.0 Å². The molecule has 2 rings (SSSR count). The Kier molecular flexibility index (Phi) is 3.44. The average molecular weight is 216 g/mol. The summed E-state index contributed by atoms with van der Waals surface area (Å²) in [6, 6.07) is 0. The van der Waals surface area contributed by atoms with Gasteiger partial charge in [0.1, 0.15) is 0 Å². The number of carbonyl (C=O) groups is 1. The van der Waals surface area contributed by atoms with Gasteiger partial charge in [-0.05, 0) is 43.7 Å². The van der Waals surface area contributed by atoms with Crippen LogP contribution in [-0.2, 0) is 0 Å². The molecule has 1 aromatic heterocycles. The van der Waals surface area contributed by atoms with Crippen LogP contribution in [0.3, 0.4) is 0 Å². The molecule has 0 N–H and O–H groups in total. The van der Waals surface area contributed by atoms with Crippen LogP contribution in [-0.4, -0.2) is 15.8 Å². The van der Waals surface area contributed by atoms with Gasteiger partial charge in [0.15, 0.2) is 0 Å². The predicted octanol–water partition coefficient (Wildman–Crippen LogP) is 2.86. The second kappa shape index (κ2) is 5.01. The highest BCUT2D eigenvalue weighted by Crippen LogP contribution is 2.19. The van der Waals surface area contributed by atoms with Gasteiger partial charge in [-0.3, -0.25) is 4.79 Å². The number of aryl methyl sites for hydroxylation is 1. The molecule has 0 amide bonds. The van der Waals surface area contributed by atoms with Gasteiger partial charge in [-0.15, -0.1) is 0 Å². The van der Waals surface area contributed by atoms with Gasteiger partial charge in [-0.1, -0.05) is 12.5 Å². The smallest absolute Gasteiger partial charge is 0.225 e. The Labute approximate surface area is 95.6 Å². The van der Waals surface area contributed by atoms with E-state index in [0.29, 0.717) is 5.82 Å². The third-order valence-electron chi connectivity index (χ3n) is 2.82. The summed E-state index contributed by atoms with van der Waals surface area (Å²) >= 11 is 0. The summed E-state index contributed by atoms with van der Waals surface area (Å²) in [4.78, 5) is 20.2. The third kappa shape index (κ3) is 2.54. The second-order valence-corrected chi connectivity index (χ2v) is 4.24. The van der Waals surface area contributed by atoms with Crippen LogP contribution in [0.2, 0.25) is 0 Å². The van der Waals surface area contributed by atoms with Gasteiger partial charge in [-0.2, -0.15) is 0 Å². The molecular formula is C13H16N2O. The Morgan fingerprint density at radius 2 is 1.94 bits per heavy atom. The molecule has 1 aliphatic rings. The Morgan fingerprint density at radius 3 is 2.69 bits per heavy atom. The molecule has 1 aromatic rings. The standard InChI is InChI=1S/C13H16N2O/c1-10-8-14-13(15-9-10)12(16)11-6-4-2-3-5-7-11/h6,8-9H,2-5,7H2,1H3. The molecule has 0 bridgehead atoms. The third-order valence-corrected chi connectivity index (χ3v) is 2.82. The zero-order valence-electron chi connectivity index (χ0n) is 9.57. The van der Waals surface area contributed by atoms with Crippen LogP contribution in [0, 0.1) is 6.92 Å². The number of carbonyl (C=O) groups excluding carboxylic acids is 1. The molecule has 0 atom stereocenters. The molecular weight excluding hydrogens is 200 g/mol. The average Bonchev–Trinajstić information content (AvgIpc) is 2.57. The summed E-state index contributed by atoms with van der Waals surface area (Å²) in [5.74, 6) is 0.334. The van der Waals surface area contributed by atoms with Crippen molar-refractivity contribution < 1.29 is 4.79 Å². The van der Waals surface area contributed by atoms with Gasteiger partial charge in [-0.25, -0.2) is 9.97 Å². The zero-order chi connectivity index (χ0) is 11.4. The van der Waals surface area contributed by atoms with E-state index in [1.165, 1.54) is 12.8 Å². The van der Waals surface area contributed by atoms with Crippen LogP contribution in [0.1, 0.15) is 48.3 Å². The maximum absolute atomic E-state index is 12.1. The van der Waals surface area contributed by atoms with E-state index in [4.69, 9.17) is 0 Å². The largest absolute Gasteiger partial charge is 0.285 e. The fourth-order valence-electron chi connectivity index (χ4n) is 1.87. The lowest BCUT2D eigenvalue weighted by molar-refractivity contribution is 0.102. The highest BCUT2D eigenvalue weighted by atomic mass is 16.1. The van der Waals surface area contributed by atoms with Crippen molar-refractivity contribution in [1.29, 1.82) is 0 Å². The summed E-state index contributed by atoms with van der Waals surface area (Å²) in [7, 11) is 0. The van der Waals surface area contributed by atoms with Crippen molar-refractivity contribution in [2.75, 3.05) is 0 Å². The van der Waals surface area contributed by atoms with E-state index >= 15 is 0 Å². The topological polar surface area (TPSA) is 42.9 Å². The van der Waals surface area contributed by atoms with Crippen molar-refractivity contribution in [3.63, 3.8) is 0 Å². The molecule has 1 heterocycles. The van der Waals surface area contributed by atoms with E-state index in [0.717, 1.165) is 30.4 Å². The summed E-state index contributed by atoms with van der Waals surface area (Å²) in [5.41, 5.74) is 1.87. The molecule has 0 fully saturated rings. The van der Waals surface area contributed by atoms with Crippen molar-refractivity contribution in [2.24, 2.45) is 0 Å². The van der Waals surface area contributed by atoms with Gasteiger partial charge in [0, 0.05) is 12.4 Å². The molecule has 0 aromatic carbocycles. The highest BCUT2D eigenvalue weighted by molar-refractivity contribution is 6.06. The second-order valence-electron chi connectivity index (χ2n) is 4.24. The van der Waals surface area contributed by atoms with Crippen molar-refractivity contribution in [1.82, 2.24) is 9.97 Å². The number of Topliss-reactive ketones (excluding diaryl/α,β-unsaturated/α-hetero) is 1. The van der Waals surface area contributed by atoms with Crippen LogP contribution in [0.4, 0.5) is 0 Å². The summed E-state index contributed by atoms with van der Waals surface area (Å²) in [6.07, 6.45) is 10.8. The predicted molar refractivity (Wildman–Crippen MR) is 62.3 cm³/mol. The van der Waals surface area contributed by atoms with Crippen LogP contribution in [0.5, 0.6) is 0 Å². The fourth-order valence-corrected chi connectivity index (χ4v) is 1.87.